The molecule has 0 aliphatic carbocycles. The molecule has 2 atom stereocenters. The van der Waals surface area contributed by atoms with E-state index in [1.54, 1.807) is 6.92 Å². The summed E-state index contributed by atoms with van der Waals surface area (Å²) in [4.78, 5) is 0. The van der Waals surface area contributed by atoms with Crippen LogP contribution < -0.4 is 0 Å². The Morgan fingerprint density at radius 1 is 1.33 bits per heavy atom. The second kappa shape index (κ2) is 7.45. The first-order valence-corrected chi connectivity index (χ1v) is 3.85. The average Bonchev–Trinajstić information content (AvgIpc) is 2.10. The van der Waals surface area contributed by atoms with Crippen LogP contribution in [-0.4, -0.2) is 54.1 Å². The van der Waals surface area contributed by atoms with Crippen LogP contribution in [0, 0.1) is 0 Å². The van der Waals surface area contributed by atoms with Crippen LogP contribution in [0.1, 0.15) is 6.92 Å². The van der Waals surface area contributed by atoms with E-state index in [1.807, 2.05) is 0 Å². The van der Waals surface area contributed by atoms with E-state index >= 15 is 0 Å². The molecule has 74 valence electrons. The van der Waals surface area contributed by atoms with Crippen LogP contribution in [0.3, 0.4) is 0 Å². The van der Waals surface area contributed by atoms with Gasteiger partial charge < -0.3 is 24.8 Å². The molecule has 0 aromatic rings. The van der Waals surface area contributed by atoms with Gasteiger partial charge in [-0.2, -0.15) is 0 Å². The second-order valence-corrected chi connectivity index (χ2v) is 2.24. The standard InChI is InChI=1S/C7H16O5/c1-2-12-7(3-8)6(10)4-11-5-9/h6-10H,2-5H2,1H3/t6-,7-/m1/s1. The fourth-order valence-electron chi connectivity index (χ4n) is 0.780. The van der Waals surface area contributed by atoms with Crippen molar-refractivity contribution in [1.82, 2.24) is 0 Å². The maximum absolute atomic E-state index is 9.25. The van der Waals surface area contributed by atoms with E-state index in [-0.39, 0.29) is 13.2 Å². The predicted molar refractivity (Wildman–Crippen MR) is 41.5 cm³/mol. The summed E-state index contributed by atoms with van der Waals surface area (Å²) < 4.78 is 9.53. The second-order valence-electron chi connectivity index (χ2n) is 2.24. The molecule has 0 radical (unpaired) electrons. The minimum absolute atomic E-state index is 0.0400. The molecule has 0 unspecified atom stereocenters. The lowest BCUT2D eigenvalue weighted by atomic mass is 10.2. The Morgan fingerprint density at radius 2 is 2.00 bits per heavy atom. The minimum Gasteiger partial charge on any atom is -0.394 e. The third-order valence-electron chi connectivity index (χ3n) is 1.37. The number of hydrogen-bond acceptors (Lipinski definition) is 5. The van der Waals surface area contributed by atoms with Crippen molar-refractivity contribution in [2.24, 2.45) is 0 Å². The Bertz CT molecular complexity index is 97.8. The highest BCUT2D eigenvalue weighted by molar-refractivity contribution is 4.66. The van der Waals surface area contributed by atoms with Crippen molar-refractivity contribution < 1.29 is 24.8 Å². The highest BCUT2D eigenvalue weighted by atomic mass is 16.6. The van der Waals surface area contributed by atoms with Gasteiger partial charge in [0.25, 0.3) is 0 Å². The fourth-order valence-corrected chi connectivity index (χ4v) is 0.780. The summed E-state index contributed by atoms with van der Waals surface area (Å²) in [5.74, 6) is 0. The topological polar surface area (TPSA) is 79.2 Å². The third-order valence-corrected chi connectivity index (χ3v) is 1.37. The summed E-state index contributed by atoms with van der Waals surface area (Å²) >= 11 is 0. The lowest BCUT2D eigenvalue weighted by Gasteiger charge is -2.19. The van der Waals surface area contributed by atoms with Gasteiger partial charge in [-0.05, 0) is 6.92 Å². The van der Waals surface area contributed by atoms with Crippen LogP contribution in [0.5, 0.6) is 0 Å². The zero-order valence-corrected chi connectivity index (χ0v) is 7.14. The van der Waals surface area contributed by atoms with Crippen molar-refractivity contribution in [1.29, 1.82) is 0 Å². The fraction of sp³-hybridized carbons (Fsp3) is 1.00. The van der Waals surface area contributed by atoms with Gasteiger partial charge in [0, 0.05) is 6.61 Å². The molecule has 0 aromatic carbocycles. The lowest BCUT2D eigenvalue weighted by Crippen LogP contribution is -2.36. The summed E-state index contributed by atoms with van der Waals surface area (Å²) in [5, 5.41) is 26.2. The van der Waals surface area contributed by atoms with Gasteiger partial charge in [-0.15, -0.1) is 0 Å². The van der Waals surface area contributed by atoms with E-state index in [2.05, 4.69) is 4.74 Å². The smallest absolute Gasteiger partial charge is 0.143 e. The van der Waals surface area contributed by atoms with Crippen LogP contribution in [0.15, 0.2) is 0 Å². The molecular weight excluding hydrogens is 164 g/mol. The van der Waals surface area contributed by atoms with Crippen molar-refractivity contribution in [2.75, 3.05) is 26.6 Å². The first kappa shape index (κ1) is 11.8. The van der Waals surface area contributed by atoms with Crippen LogP contribution in [-0.2, 0) is 9.47 Å². The largest absolute Gasteiger partial charge is 0.394 e. The van der Waals surface area contributed by atoms with Crippen molar-refractivity contribution >= 4 is 0 Å². The summed E-state index contributed by atoms with van der Waals surface area (Å²) in [6.45, 7) is 1.44. The van der Waals surface area contributed by atoms with E-state index in [0.29, 0.717) is 6.61 Å². The number of aliphatic hydroxyl groups excluding tert-OH is 3. The lowest BCUT2D eigenvalue weighted by molar-refractivity contribution is -0.107. The molecule has 0 aliphatic rings. The molecule has 0 saturated heterocycles. The molecule has 5 heteroatoms. The van der Waals surface area contributed by atoms with E-state index in [4.69, 9.17) is 14.9 Å². The quantitative estimate of drug-likeness (QED) is 0.425. The van der Waals surface area contributed by atoms with Gasteiger partial charge in [0.1, 0.15) is 19.0 Å². The Hall–Kier alpha value is -0.200. The van der Waals surface area contributed by atoms with Crippen molar-refractivity contribution in [3.05, 3.63) is 0 Å². The van der Waals surface area contributed by atoms with E-state index < -0.39 is 19.0 Å². The van der Waals surface area contributed by atoms with E-state index in [1.165, 1.54) is 0 Å². The normalized spacial score (nSPS) is 16.0. The summed E-state index contributed by atoms with van der Waals surface area (Å²) in [6.07, 6.45) is -1.54. The molecule has 0 heterocycles. The maximum atomic E-state index is 9.25. The Labute approximate surface area is 71.5 Å². The number of rotatable bonds is 7. The molecule has 0 amide bonds. The Morgan fingerprint density at radius 3 is 2.42 bits per heavy atom. The predicted octanol–water partition coefficient (Wildman–Crippen LogP) is -1.29. The first-order valence-electron chi connectivity index (χ1n) is 3.85. The molecule has 0 aromatic heterocycles. The highest BCUT2D eigenvalue weighted by Crippen LogP contribution is 1.99. The summed E-state index contributed by atoms with van der Waals surface area (Å²) in [6, 6.07) is 0. The summed E-state index contributed by atoms with van der Waals surface area (Å²) in [5.41, 5.74) is 0. The van der Waals surface area contributed by atoms with E-state index in [0.717, 1.165) is 0 Å². The summed E-state index contributed by atoms with van der Waals surface area (Å²) in [7, 11) is 0. The highest BCUT2D eigenvalue weighted by Gasteiger charge is 2.18. The molecule has 0 bridgehead atoms. The van der Waals surface area contributed by atoms with Crippen molar-refractivity contribution in [3.63, 3.8) is 0 Å². The Balaban J connectivity index is 3.60. The van der Waals surface area contributed by atoms with Gasteiger partial charge in [0.05, 0.1) is 13.2 Å². The number of hydrogen-bond donors (Lipinski definition) is 3. The van der Waals surface area contributed by atoms with Gasteiger partial charge in [0.15, 0.2) is 0 Å². The zero-order chi connectivity index (χ0) is 9.40. The Kier molecular flexibility index (Phi) is 7.33. The van der Waals surface area contributed by atoms with Gasteiger partial charge in [0.2, 0.25) is 0 Å². The maximum Gasteiger partial charge on any atom is 0.143 e. The molecular formula is C7H16O5. The first-order chi connectivity index (χ1) is 5.76. The molecule has 0 fully saturated rings. The number of ether oxygens (including phenoxy) is 2. The monoisotopic (exact) mass is 180 g/mol. The van der Waals surface area contributed by atoms with Crippen LogP contribution >= 0.6 is 0 Å². The van der Waals surface area contributed by atoms with Crippen LogP contribution in [0.2, 0.25) is 0 Å². The molecule has 0 aliphatic heterocycles. The van der Waals surface area contributed by atoms with E-state index in [9.17, 15) is 5.11 Å². The van der Waals surface area contributed by atoms with Gasteiger partial charge in [-0.25, -0.2) is 0 Å². The van der Waals surface area contributed by atoms with Gasteiger partial charge in [-0.3, -0.25) is 0 Å². The van der Waals surface area contributed by atoms with Crippen LogP contribution in [0.4, 0.5) is 0 Å². The minimum atomic E-state index is -0.901. The van der Waals surface area contributed by atoms with Crippen molar-refractivity contribution in [3.8, 4) is 0 Å². The van der Waals surface area contributed by atoms with Gasteiger partial charge in [-0.1, -0.05) is 0 Å². The molecule has 0 rings (SSSR count). The number of aliphatic hydroxyl groups is 3. The molecule has 12 heavy (non-hydrogen) atoms. The zero-order valence-electron chi connectivity index (χ0n) is 7.14. The molecule has 5 nitrogen and oxygen atoms in total. The third kappa shape index (κ3) is 4.63. The molecule has 0 saturated carbocycles. The van der Waals surface area contributed by atoms with Crippen LogP contribution in [0.25, 0.3) is 0 Å². The van der Waals surface area contributed by atoms with Crippen molar-refractivity contribution in [2.45, 2.75) is 19.1 Å². The SMILES string of the molecule is CCO[C@H](CO)[C@H](O)COCO. The van der Waals surface area contributed by atoms with Gasteiger partial charge >= 0.3 is 0 Å². The molecule has 0 spiro atoms. The molecule has 3 N–H and O–H groups in total. The average molecular weight is 180 g/mol.